The maximum Gasteiger partial charge on any atom is 0.472 e. The van der Waals surface area contributed by atoms with E-state index in [0.717, 1.165) is 128 Å². The molecule has 0 rings (SSSR count). The molecule has 0 aromatic rings. The van der Waals surface area contributed by atoms with Gasteiger partial charge in [-0.2, -0.15) is 0 Å². The Morgan fingerprint density at radius 1 is 0.330 bits per heavy atom. The van der Waals surface area contributed by atoms with E-state index in [1.54, 1.807) is 0 Å². The van der Waals surface area contributed by atoms with E-state index in [-0.39, 0.29) is 25.7 Å². The highest BCUT2D eigenvalue weighted by Crippen LogP contribution is 2.45. The highest BCUT2D eigenvalue weighted by Gasteiger charge is 2.30. The molecular formula is C78H144O17P2. The summed E-state index contributed by atoms with van der Waals surface area (Å²) in [5.41, 5.74) is 0. The van der Waals surface area contributed by atoms with E-state index in [9.17, 15) is 43.2 Å². The number of carbonyl (C=O) groups is 4. The molecule has 0 aromatic carbocycles. The number of allylic oxidation sites excluding steroid dienone is 8. The summed E-state index contributed by atoms with van der Waals surface area (Å²) in [5.74, 6) is -1.40. The number of hydrogen-bond acceptors (Lipinski definition) is 15. The zero-order valence-corrected chi connectivity index (χ0v) is 64.0. The average molecular weight is 1420 g/mol. The third kappa shape index (κ3) is 69.9. The Morgan fingerprint density at radius 2 is 0.577 bits per heavy atom. The molecular weight excluding hydrogens is 1270 g/mol. The number of phosphoric ester groups is 2. The van der Waals surface area contributed by atoms with Crippen LogP contribution in [0.25, 0.3) is 0 Å². The Bertz CT molecular complexity index is 2050. The van der Waals surface area contributed by atoms with Crippen LogP contribution in [0.15, 0.2) is 48.6 Å². The Hall–Kier alpha value is -2.98. The number of esters is 4. The summed E-state index contributed by atoms with van der Waals surface area (Å²) < 4.78 is 68.5. The van der Waals surface area contributed by atoms with Crippen molar-refractivity contribution in [3.05, 3.63) is 48.6 Å². The van der Waals surface area contributed by atoms with Gasteiger partial charge in [0.25, 0.3) is 0 Å². The van der Waals surface area contributed by atoms with E-state index >= 15 is 0 Å². The summed E-state index contributed by atoms with van der Waals surface area (Å²) in [6.07, 6.45) is 65.2. The third-order valence-electron chi connectivity index (χ3n) is 17.4. The number of aliphatic hydroxyl groups excluding tert-OH is 1. The van der Waals surface area contributed by atoms with Gasteiger partial charge in [-0.25, -0.2) is 9.13 Å². The monoisotopic (exact) mass is 1410 g/mol. The number of carbonyl (C=O) groups excluding carboxylic acids is 4. The average Bonchev–Trinajstić information content (AvgIpc) is 1.07. The number of ether oxygens (including phenoxy) is 4. The SMILES string of the molecule is CCCCCC/C=C\C=C/CCCCCCCC(=O)OC[C@H](COP(=O)(O)OC[C@@H](O)COP(=O)(O)OC[C@@H](COC(=O)CCCCCCCCCCC(C)CC)OC(=O)CCCCCCCCCCCCCCCCC)OC(=O)CCCCCCC/C=C\C=C/CCCCCC. The number of aliphatic hydroxyl groups is 1. The van der Waals surface area contributed by atoms with Crippen LogP contribution in [0.5, 0.6) is 0 Å². The second-order valence-corrected chi connectivity index (χ2v) is 29.9. The van der Waals surface area contributed by atoms with Gasteiger partial charge in [-0.3, -0.25) is 37.3 Å². The van der Waals surface area contributed by atoms with E-state index in [4.69, 9.17) is 37.0 Å². The Balaban J connectivity index is 5.34. The molecule has 97 heavy (non-hydrogen) atoms. The first kappa shape index (κ1) is 94.0. The summed E-state index contributed by atoms with van der Waals surface area (Å²) in [7, 11) is -9.94. The minimum Gasteiger partial charge on any atom is -0.462 e. The maximum absolute atomic E-state index is 13.1. The zero-order valence-electron chi connectivity index (χ0n) is 62.2. The van der Waals surface area contributed by atoms with Gasteiger partial charge >= 0.3 is 39.5 Å². The quantitative estimate of drug-likeness (QED) is 0.0169. The topological polar surface area (TPSA) is 237 Å². The first-order valence-corrected chi connectivity index (χ1v) is 42.3. The summed E-state index contributed by atoms with van der Waals surface area (Å²) >= 11 is 0. The molecule has 3 N–H and O–H groups in total. The van der Waals surface area contributed by atoms with Crippen molar-refractivity contribution in [3.63, 3.8) is 0 Å². The summed E-state index contributed by atoms with van der Waals surface area (Å²) in [4.78, 5) is 72.9. The van der Waals surface area contributed by atoms with Crippen LogP contribution in [-0.2, 0) is 65.4 Å². The lowest BCUT2D eigenvalue weighted by molar-refractivity contribution is -0.161. The molecule has 17 nitrogen and oxygen atoms in total. The van der Waals surface area contributed by atoms with E-state index in [2.05, 4.69) is 83.2 Å². The summed E-state index contributed by atoms with van der Waals surface area (Å²) in [6.45, 7) is 7.18. The summed E-state index contributed by atoms with van der Waals surface area (Å²) in [6, 6.07) is 0. The van der Waals surface area contributed by atoms with Crippen LogP contribution in [0.2, 0.25) is 0 Å². The fourth-order valence-corrected chi connectivity index (χ4v) is 12.5. The minimum absolute atomic E-state index is 0.0783. The lowest BCUT2D eigenvalue weighted by atomic mass is 9.99. The van der Waals surface area contributed by atoms with Gasteiger partial charge in [0, 0.05) is 25.7 Å². The highest BCUT2D eigenvalue weighted by atomic mass is 31.2. The van der Waals surface area contributed by atoms with Crippen molar-refractivity contribution in [1.82, 2.24) is 0 Å². The van der Waals surface area contributed by atoms with Gasteiger partial charge in [0.1, 0.15) is 19.3 Å². The van der Waals surface area contributed by atoms with Crippen molar-refractivity contribution >= 4 is 39.5 Å². The van der Waals surface area contributed by atoms with Gasteiger partial charge in [-0.05, 0) is 83.0 Å². The fourth-order valence-electron chi connectivity index (χ4n) is 10.9. The standard InChI is InChI=1S/C78H144O17P2/c1-6-10-13-16-19-22-25-28-31-34-37-40-46-51-56-61-75(80)88-67-73(94-77(82)63-58-53-48-41-38-35-32-29-26-23-20-17-14-11-7-2)69-92-96(84,85)90-65-72(79)66-91-97(86,87)93-70-74(68-89-76(81)62-57-52-47-44-43-45-50-55-60-71(5)9-4)95-78(83)64-59-54-49-42-39-36-33-30-27-24-21-18-15-12-8-3/h22-23,25-26,28-29,31-32,71-74,79H,6-21,24,27,30,33-70H2,1-5H3,(H,84,85)(H,86,87)/b25-22-,26-23-,31-28-,32-29-/t71?,72-,73-,74-/m1/s1. The fraction of sp³-hybridized carbons (Fsp3) is 0.846. The largest absolute Gasteiger partial charge is 0.472 e. The molecule has 0 aromatic heterocycles. The van der Waals surface area contributed by atoms with Crippen LogP contribution >= 0.6 is 15.6 Å². The second kappa shape index (κ2) is 70.1. The van der Waals surface area contributed by atoms with Crippen molar-refractivity contribution in [2.75, 3.05) is 39.6 Å². The predicted octanol–water partition coefficient (Wildman–Crippen LogP) is 22.4. The number of hydrogen-bond donors (Lipinski definition) is 3. The van der Waals surface area contributed by atoms with E-state index in [0.29, 0.717) is 25.7 Å². The lowest BCUT2D eigenvalue weighted by Crippen LogP contribution is -2.30. The van der Waals surface area contributed by atoms with Crippen LogP contribution in [0.1, 0.15) is 362 Å². The van der Waals surface area contributed by atoms with Crippen molar-refractivity contribution in [1.29, 1.82) is 0 Å². The molecule has 0 radical (unpaired) electrons. The molecule has 0 aliphatic rings. The molecule has 0 bridgehead atoms. The number of unbranched alkanes of at least 4 members (excludes halogenated alkanes) is 39. The predicted molar refractivity (Wildman–Crippen MR) is 395 cm³/mol. The first-order chi connectivity index (χ1) is 47.1. The normalized spacial score (nSPS) is 14.5. The van der Waals surface area contributed by atoms with Gasteiger partial charge in [-0.1, -0.05) is 308 Å². The molecule has 6 atom stereocenters. The van der Waals surface area contributed by atoms with E-state index in [1.165, 1.54) is 154 Å². The van der Waals surface area contributed by atoms with Crippen molar-refractivity contribution in [2.24, 2.45) is 5.92 Å². The number of rotatable bonds is 74. The molecule has 0 amide bonds. The molecule has 0 spiro atoms. The van der Waals surface area contributed by atoms with Crippen LogP contribution in [0, 0.1) is 5.92 Å². The minimum atomic E-state index is -4.97. The molecule has 0 fully saturated rings. The zero-order chi connectivity index (χ0) is 71.2. The molecule has 0 aliphatic carbocycles. The molecule has 0 heterocycles. The highest BCUT2D eigenvalue weighted by molar-refractivity contribution is 7.47. The van der Waals surface area contributed by atoms with E-state index in [1.807, 2.05) is 0 Å². The Labute approximate surface area is 591 Å². The molecule has 19 heteroatoms. The maximum atomic E-state index is 13.1. The molecule has 568 valence electrons. The molecule has 0 saturated carbocycles. The van der Waals surface area contributed by atoms with Gasteiger partial charge in [-0.15, -0.1) is 0 Å². The van der Waals surface area contributed by atoms with Gasteiger partial charge < -0.3 is 33.8 Å². The molecule has 0 saturated heterocycles. The second-order valence-electron chi connectivity index (χ2n) is 27.0. The summed E-state index contributed by atoms with van der Waals surface area (Å²) in [5, 5.41) is 10.6. The van der Waals surface area contributed by atoms with Crippen molar-refractivity contribution < 1.29 is 80.2 Å². The van der Waals surface area contributed by atoms with Crippen LogP contribution < -0.4 is 0 Å². The van der Waals surface area contributed by atoms with Crippen LogP contribution in [0.3, 0.4) is 0 Å². The smallest absolute Gasteiger partial charge is 0.462 e. The van der Waals surface area contributed by atoms with Crippen LogP contribution in [0.4, 0.5) is 0 Å². The molecule has 0 aliphatic heterocycles. The Kier molecular flexibility index (Phi) is 67.9. The van der Waals surface area contributed by atoms with Gasteiger partial charge in [0.15, 0.2) is 12.2 Å². The molecule has 3 unspecified atom stereocenters. The van der Waals surface area contributed by atoms with E-state index < -0.39 is 97.5 Å². The van der Waals surface area contributed by atoms with Gasteiger partial charge in [0.05, 0.1) is 26.4 Å². The number of phosphoric acid groups is 2. The van der Waals surface area contributed by atoms with Gasteiger partial charge in [0.2, 0.25) is 0 Å². The van der Waals surface area contributed by atoms with Crippen LogP contribution in [-0.4, -0.2) is 96.7 Å². The van der Waals surface area contributed by atoms with Crippen molar-refractivity contribution in [3.8, 4) is 0 Å². The lowest BCUT2D eigenvalue weighted by Gasteiger charge is -2.21. The Morgan fingerprint density at radius 3 is 0.876 bits per heavy atom. The first-order valence-electron chi connectivity index (χ1n) is 39.3. The van der Waals surface area contributed by atoms with Crippen molar-refractivity contribution in [2.45, 2.75) is 380 Å². The third-order valence-corrected chi connectivity index (χ3v) is 19.3.